The monoisotopic (exact) mass is 498 g/mol. The standard InChI is InChI=1S/C18H16Cl2N6O3S2/c19-11-2-1-10(13(20)8-11)7-14-16(28)25(18(29)31-14)6-5-21-15(27)9-30-17-22-23-24-26(17)12-3-4-12/h1-2,7-8,12H,3-6,9H2,(H,21,27)/b14-7-. The molecule has 0 bridgehead atoms. The Morgan fingerprint density at radius 2 is 2.13 bits per heavy atom. The largest absolute Gasteiger partial charge is 0.354 e. The van der Waals surface area contributed by atoms with Gasteiger partial charge in [-0.05, 0) is 58.8 Å². The van der Waals surface area contributed by atoms with Gasteiger partial charge in [0.2, 0.25) is 11.1 Å². The number of benzene rings is 1. The summed E-state index contributed by atoms with van der Waals surface area (Å²) in [6.07, 6.45) is 3.64. The molecule has 31 heavy (non-hydrogen) atoms. The van der Waals surface area contributed by atoms with Gasteiger partial charge in [-0.2, -0.15) is 0 Å². The number of hydrogen-bond acceptors (Lipinski definition) is 8. The molecular weight excluding hydrogens is 483 g/mol. The highest BCUT2D eigenvalue weighted by molar-refractivity contribution is 8.18. The van der Waals surface area contributed by atoms with E-state index in [2.05, 4.69) is 20.8 Å². The van der Waals surface area contributed by atoms with Crippen LogP contribution in [-0.2, 0) is 9.59 Å². The molecule has 0 atom stereocenters. The van der Waals surface area contributed by atoms with Crippen LogP contribution in [0, 0.1) is 0 Å². The van der Waals surface area contributed by atoms with Crippen LogP contribution in [0.4, 0.5) is 4.79 Å². The van der Waals surface area contributed by atoms with Gasteiger partial charge in [0.05, 0.1) is 16.7 Å². The fourth-order valence-corrected chi connectivity index (χ4v) is 4.86. The quantitative estimate of drug-likeness (QED) is 0.436. The molecule has 1 aromatic carbocycles. The number of amides is 3. The zero-order chi connectivity index (χ0) is 22.0. The molecule has 2 aliphatic rings. The summed E-state index contributed by atoms with van der Waals surface area (Å²) in [7, 11) is 0. The van der Waals surface area contributed by atoms with Gasteiger partial charge in [-0.3, -0.25) is 19.3 Å². The van der Waals surface area contributed by atoms with Crippen LogP contribution in [0.25, 0.3) is 6.08 Å². The molecule has 4 rings (SSSR count). The van der Waals surface area contributed by atoms with Crippen molar-refractivity contribution in [2.24, 2.45) is 0 Å². The van der Waals surface area contributed by atoms with E-state index in [9.17, 15) is 14.4 Å². The number of aromatic nitrogens is 4. The first-order valence-electron chi connectivity index (χ1n) is 9.30. The van der Waals surface area contributed by atoms with Crippen molar-refractivity contribution in [2.45, 2.75) is 24.0 Å². The Hall–Kier alpha value is -2.08. The van der Waals surface area contributed by atoms with Crippen molar-refractivity contribution in [3.05, 3.63) is 38.7 Å². The number of hydrogen-bond donors (Lipinski definition) is 1. The zero-order valence-electron chi connectivity index (χ0n) is 16.0. The zero-order valence-corrected chi connectivity index (χ0v) is 19.1. The van der Waals surface area contributed by atoms with E-state index in [0.717, 1.165) is 29.5 Å². The van der Waals surface area contributed by atoms with Gasteiger partial charge in [0.15, 0.2) is 0 Å². The predicted molar refractivity (Wildman–Crippen MR) is 119 cm³/mol. The molecule has 1 saturated carbocycles. The second-order valence-corrected chi connectivity index (χ2v) is 9.55. The summed E-state index contributed by atoms with van der Waals surface area (Å²) in [4.78, 5) is 38.3. The van der Waals surface area contributed by atoms with Crippen LogP contribution >= 0.6 is 46.7 Å². The van der Waals surface area contributed by atoms with Gasteiger partial charge in [-0.25, -0.2) is 4.68 Å². The van der Waals surface area contributed by atoms with Gasteiger partial charge < -0.3 is 5.32 Å². The molecule has 2 aromatic rings. The summed E-state index contributed by atoms with van der Waals surface area (Å²) in [5.74, 6) is -0.511. The lowest BCUT2D eigenvalue weighted by atomic mass is 10.2. The number of halogens is 2. The van der Waals surface area contributed by atoms with E-state index in [4.69, 9.17) is 23.2 Å². The normalized spacial score (nSPS) is 17.6. The summed E-state index contributed by atoms with van der Waals surface area (Å²) < 4.78 is 1.73. The van der Waals surface area contributed by atoms with Crippen LogP contribution in [0.2, 0.25) is 10.0 Å². The Bertz CT molecular complexity index is 1070. The van der Waals surface area contributed by atoms with E-state index in [-0.39, 0.29) is 29.7 Å². The van der Waals surface area contributed by atoms with Crippen LogP contribution in [-0.4, -0.2) is 61.0 Å². The lowest BCUT2D eigenvalue weighted by molar-refractivity contribution is -0.123. The third-order valence-electron chi connectivity index (χ3n) is 4.47. The molecule has 2 heterocycles. The topological polar surface area (TPSA) is 110 Å². The fourth-order valence-electron chi connectivity index (χ4n) is 2.77. The van der Waals surface area contributed by atoms with E-state index >= 15 is 0 Å². The third-order valence-corrected chi connectivity index (χ3v) is 6.87. The van der Waals surface area contributed by atoms with Gasteiger partial charge >= 0.3 is 0 Å². The minimum Gasteiger partial charge on any atom is -0.354 e. The van der Waals surface area contributed by atoms with Gasteiger partial charge in [0, 0.05) is 23.1 Å². The fraction of sp³-hybridized carbons (Fsp3) is 0.333. The maximum atomic E-state index is 12.6. The number of carbonyl (C=O) groups excluding carboxylic acids is 3. The van der Waals surface area contributed by atoms with Crippen LogP contribution in [0.15, 0.2) is 28.3 Å². The molecule has 13 heteroatoms. The van der Waals surface area contributed by atoms with Crippen molar-refractivity contribution in [1.82, 2.24) is 30.4 Å². The Morgan fingerprint density at radius 1 is 1.32 bits per heavy atom. The van der Waals surface area contributed by atoms with Crippen molar-refractivity contribution >= 4 is 69.9 Å². The molecule has 1 aliphatic carbocycles. The molecular formula is C18H16Cl2N6O3S2. The number of nitrogens with zero attached hydrogens (tertiary/aromatic N) is 5. The van der Waals surface area contributed by atoms with Crippen molar-refractivity contribution in [3.8, 4) is 0 Å². The maximum Gasteiger partial charge on any atom is 0.293 e. The Kier molecular flexibility index (Phi) is 6.85. The Balaban J connectivity index is 1.27. The van der Waals surface area contributed by atoms with E-state index in [1.165, 1.54) is 11.8 Å². The third kappa shape index (κ3) is 5.40. The molecule has 2 fully saturated rings. The molecule has 1 aliphatic heterocycles. The summed E-state index contributed by atoms with van der Waals surface area (Å²) in [5, 5.41) is 15.3. The molecule has 1 saturated heterocycles. The van der Waals surface area contributed by atoms with Crippen molar-refractivity contribution in [1.29, 1.82) is 0 Å². The SMILES string of the molecule is O=C(CSc1nnnn1C1CC1)NCCN1C(=O)S/C(=C\c2ccc(Cl)cc2Cl)C1=O. The number of tetrazole rings is 1. The average molecular weight is 499 g/mol. The number of imide groups is 1. The number of carbonyl (C=O) groups is 3. The van der Waals surface area contributed by atoms with E-state index in [1.54, 1.807) is 29.0 Å². The summed E-state index contributed by atoms with van der Waals surface area (Å²) in [5.41, 5.74) is 0.593. The first-order valence-corrected chi connectivity index (χ1v) is 11.9. The van der Waals surface area contributed by atoms with E-state index in [0.29, 0.717) is 26.8 Å². The first kappa shape index (κ1) is 22.1. The molecule has 3 amide bonds. The number of thioether (sulfide) groups is 2. The number of nitrogens with one attached hydrogen (secondary N) is 1. The number of rotatable bonds is 8. The predicted octanol–water partition coefficient (Wildman–Crippen LogP) is 3.26. The van der Waals surface area contributed by atoms with Crippen LogP contribution < -0.4 is 5.32 Å². The maximum absolute atomic E-state index is 12.6. The summed E-state index contributed by atoms with van der Waals surface area (Å²) in [6.45, 7) is 0.229. The second kappa shape index (κ2) is 9.60. The molecule has 1 aromatic heterocycles. The lowest BCUT2D eigenvalue weighted by Crippen LogP contribution is -2.37. The van der Waals surface area contributed by atoms with Gasteiger partial charge in [0.1, 0.15) is 0 Å². The van der Waals surface area contributed by atoms with Gasteiger partial charge in [-0.1, -0.05) is 41.0 Å². The highest BCUT2D eigenvalue weighted by Crippen LogP contribution is 2.36. The molecule has 162 valence electrons. The highest BCUT2D eigenvalue weighted by atomic mass is 35.5. The van der Waals surface area contributed by atoms with Gasteiger partial charge in [0.25, 0.3) is 11.1 Å². The second-order valence-electron chi connectivity index (χ2n) is 6.78. The Morgan fingerprint density at radius 3 is 2.87 bits per heavy atom. The van der Waals surface area contributed by atoms with Crippen LogP contribution in [0.5, 0.6) is 0 Å². The first-order chi connectivity index (χ1) is 14.9. The van der Waals surface area contributed by atoms with Crippen molar-refractivity contribution in [2.75, 3.05) is 18.8 Å². The minimum absolute atomic E-state index is 0.0760. The van der Waals surface area contributed by atoms with E-state index in [1.807, 2.05) is 0 Å². The van der Waals surface area contributed by atoms with Crippen molar-refractivity contribution in [3.63, 3.8) is 0 Å². The molecule has 9 nitrogen and oxygen atoms in total. The smallest absolute Gasteiger partial charge is 0.293 e. The molecule has 0 radical (unpaired) electrons. The summed E-state index contributed by atoms with van der Waals surface area (Å²) in [6, 6.07) is 5.22. The van der Waals surface area contributed by atoms with Gasteiger partial charge in [-0.15, -0.1) is 5.10 Å². The molecule has 1 N–H and O–H groups in total. The van der Waals surface area contributed by atoms with Crippen LogP contribution in [0.3, 0.4) is 0 Å². The van der Waals surface area contributed by atoms with Crippen molar-refractivity contribution < 1.29 is 14.4 Å². The Labute approximate surface area is 195 Å². The molecule has 0 spiro atoms. The van der Waals surface area contributed by atoms with Crippen LogP contribution in [0.1, 0.15) is 24.4 Å². The minimum atomic E-state index is -0.423. The average Bonchev–Trinajstić information content (AvgIpc) is 3.41. The summed E-state index contributed by atoms with van der Waals surface area (Å²) >= 11 is 14.1. The van der Waals surface area contributed by atoms with E-state index < -0.39 is 11.1 Å². The lowest BCUT2D eigenvalue weighted by Gasteiger charge is -2.12. The molecule has 0 unspecified atom stereocenters. The highest BCUT2D eigenvalue weighted by Gasteiger charge is 2.35.